The molecular formula is C27H24N8O. The molecule has 1 amide bonds. The summed E-state index contributed by atoms with van der Waals surface area (Å²) in [6.45, 7) is 2.54. The highest BCUT2D eigenvalue weighted by Gasteiger charge is 2.37. The van der Waals surface area contributed by atoms with Crippen molar-refractivity contribution in [1.29, 1.82) is 0 Å². The van der Waals surface area contributed by atoms with E-state index in [-0.39, 0.29) is 5.91 Å². The minimum atomic E-state index is -0.449. The maximum Gasteiger partial charge on any atom is 0.258 e. The number of hydrogen-bond acceptors (Lipinski definition) is 6. The number of carbonyl (C=O) groups is 1. The molecule has 0 saturated carbocycles. The number of amides is 1. The normalized spacial score (nSPS) is 15.8. The molecule has 178 valence electrons. The minimum Gasteiger partial charge on any atom is -0.404 e. The van der Waals surface area contributed by atoms with Crippen LogP contribution in [0.5, 0.6) is 0 Å². The molecule has 36 heavy (non-hydrogen) atoms. The third-order valence-electron chi connectivity index (χ3n) is 6.60. The van der Waals surface area contributed by atoms with E-state index in [2.05, 4.69) is 19.9 Å². The Kier molecular flexibility index (Phi) is 5.29. The van der Waals surface area contributed by atoms with E-state index in [1.807, 2.05) is 60.1 Å². The van der Waals surface area contributed by atoms with Gasteiger partial charge in [-0.2, -0.15) is 5.10 Å². The number of pyridine rings is 3. The molecule has 0 saturated heterocycles. The first-order valence-electron chi connectivity index (χ1n) is 11.7. The molecule has 5 aromatic heterocycles. The summed E-state index contributed by atoms with van der Waals surface area (Å²) >= 11 is 0. The molecule has 6 heterocycles. The zero-order valence-corrected chi connectivity index (χ0v) is 19.7. The maximum atomic E-state index is 13.9. The summed E-state index contributed by atoms with van der Waals surface area (Å²) in [7, 11) is 0. The second-order valence-electron chi connectivity index (χ2n) is 8.74. The van der Waals surface area contributed by atoms with E-state index in [1.54, 1.807) is 29.7 Å². The Morgan fingerprint density at radius 2 is 2.06 bits per heavy atom. The van der Waals surface area contributed by atoms with Gasteiger partial charge in [0.05, 0.1) is 40.2 Å². The van der Waals surface area contributed by atoms with E-state index in [1.165, 1.54) is 6.20 Å². The zero-order chi connectivity index (χ0) is 24.6. The van der Waals surface area contributed by atoms with Crippen molar-refractivity contribution in [3.05, 3.63) is 108 Å². The SMILES string of the molecule is Cc1cccn2nc(C3c4nc[nH]c4CCN3C(=O)/C(=C/N)c3ccc(-c4ccccn4)cn3)cc12. The fraction of sp³-hybridized carbons (Fsp3) is 0.148. The van der Waals surface area contributed by atoms with Crippen LogP contribution in [0.2, 0.25) is 0 Å². The number of aryl methyl sites for hydroxylation is 1. The average molecular weight is 477 g/mol. The second-order valence-corrected chi connectivity index (χ2v) is 8.74. The summed E-state index contributed by atoms with van der Waals surface area (Å²) in [4.78, 5) is 32.4. The fourth-order valence-electron chi connectivity index (χ4n) is 4.76. The molecule has 9 heteroatoms. The molecule has 5 aromatic rings. The Bertz CT molecular complexity index is 1580. The molecule has 9 nitrogen and oxygen atoms in total. The molecule has 0 spiro atoms. The highest BCUT2D eigenvalue weighted by molar-refractivity contribution is 6.19. The summed E-state index contributed by atoms with van der Waals surface area (Å²) in [6.07, 6.45) is 9.01. The lowest BCUT2D eigenvalue weighted by Crippen LogP contribution is -2.41. The van der Waals surface area contributed by atoms with Crippen LogP contribution < -0.4 is 5.73 Å². The molecule has 0 aliphatic carbocycles. The van der Waals surface area contributed by atoms with E-state index in [9.17, 15) is 4.79 Å². The second kappa shape index (κ2) is 8.77. The van der Waals surface area contributed by atoms with Gasteiger partial charge in [0.2, 0.25) is 0 Å². The molecule has 1 atom stereocenters. The molecule has 1 aliphatic heterocycles. The van der Waals surface area contributed by atoms with Gasteiger partial charge in [-0.05, 0) is 48.9 Å². The maximum absolute atomic E-state index is 13.9. The largest absolute Gasteiger partial charge is 0.404 e. The van der Waals surface area contributed by atoms with Gasteiger partial charge in [-0.1, -0.05) is 12.1 Å². The van der Waals surface area contributed by atoms with Gasteiger partial charge in [0.15, 0.2) is 0 Å². The van der Waals surface area contributed by atoms with Crippen LogP contribution in [0.25, 0.3) is 22.3 Å². The standard InChI is InChI=1S/C27H24N8O/c1-17-5-4-11-35-24(17)13-23(33-35)26-25-22(31-16-32-25)9-12-34(26)27(36)19(14-28)21-8-7-18(15-30-21)20-6-2-3-10-29-20/h2-8,10-11,13-16,26H,9,12,28H2,1H3,(H,31,32)/b19-14+. The Hall–Kier alpha value is -4.79. The number of aromatic nitrogens is 6. The number of imidazole rings is 1. The van der Waals surface area contributed by atoms with Gasteiger partial charge in [0, 0.05) is 49.0 Å². The monoisotopic (exact) mass is 476 g/mol. The highest BCUT2D eigenvalue weighted by Crippen LogP contribution is 2.35. The molecule has 0 radical (unpaired) electrons. The molecular weight excluding hydrogens is 452 g/mol. The van der Waals surface area contributed by atoms with Gasteiger partial charge < -0.3 is 15.6 Å². The van der Waals surface area contributed by atoms with E-state index in [4.69, 9.17) is 10.8 Å². The average Bonchev–Trinajstić information content (AvgIpc) is 3.57. The summed E-state index contributed by atoms with van der Waals surface area (Å²) in [5.41, 5.74) is 13.1. The lowest BCUT2D eigenvalue weighted by atomic mass is 9.97. The first kappa shape index (κ1) is 21.7. The topological polar surface area (TPSA) is 118 Å². The number of carbonyl (C=O) groups excluding carboxylic acids is 1. The first-order chi connectivity index (χ1) is 17.6. The Morgan fingerprint density at radius 3 is 2.81 bits per heavy atom. The Labute approximate surface area is 207 Å². The number of rotatable bonds is 4. The Morgan fingerprint density at radius 1 is 1.14 bits per heavy atom. The highest BCUT2D eigenvalue weighted by atomic mass is 16.2. The van der Waals surface area contributed by atoms with E-state index < -0.39 is 6.04 Å². The van der Waals surface area contributed by atoms with Crippen LogP contribution in [0, 0.1) is 6.92 Å². The fourth-order valence-corrected chi connectivity index (χ4v) is 4.76. The van der Waals surface area contributed by atoms with Crippen molar-refractivity contribution in [1.82, 2.24) is 34.4 Å². The van der Waals surface area contributed by atoms with Gasteiger partial charge in [-0.15, -0.1) is 0 Å². The van der Waals surface area contributed by atoms with Gasteiger partial charge in [-0.25, -0.2) is 9.50 Å². The quantitative estimate of drug-likeness (QED) is 0.384. The summed E-state index contributed by atoms with van der Waals surface area (Å²) < 4.78 is 1.84. The zero-order valence-electron chi connectivity index (χ0n) is 19.7. The van der Waals surface area contributed by atoms with Crippen LogP contribution in [0.3, 0.4) is 0 Å². The summed E-state index contributed by atoms with van der Waals surface area (Å²) in [6, 6.07) is 15.0. The van der Waals surface area contributed by atoms with Crippen molar-refractivity contribution in [2.75, 3.05) is 6.54 Å². The molecule has 1 unspecified atom stereocenters. The van der Waals surface area contributed by atoms with Crippen LogP contribution in [0.1, 0.15) is 34.4 Å². The number of aromatic amines is 1. The van der Waals surface area contributed by atoms with Crippen molar-refractivity contribution in [3.63, 3.8) is 0 Å². The van der Waals surface area contributed by atoms with Crippen molar-refractivity contribution >= 4 is 17.0 Å². The number of H-pyrrole nitrogens is 1. The lowest BCUT2D eigenvalue weighted by molar-refractivity contribution is -0.127. The molecule has 6 rings (SSSR count). The molecule has 1 aliphatic rings. The minimum absolute atomic E-state index is 0.219. The van der Waals surface area contributed by atoms with Crippen molar-refractivity contribution < 1.29 is 4.79 Å². The number of nitrogens with one attached hydrogen (secondary N) is 1. The van der Waals surface area contributed by atoms with Crippen molar-refractivity contribution in [2.45, 2.75) is 19.4 Å². The predicted octanol–water partition coefficient (Wildman–Crippen LogP) is 3.30. The smallest absolute Gasteiger partial charge is 0.258 e. The van der Waals surface area contributed by atoms with Gasteiger partial charge >= 0.3 is 0 Å². The van der Waals surface area contributed by atoms with Crippen molar-refractivity contribution in [2.24, 2.45) is 5.73 Å². The summed E-state index contributed by atoms with van der Waals surface area (Å²) in [5.74, 6) is -0.219. The van der Waals surface area contributed by atoms with Crippen molar-refractivity contribution in [3.8, 4) is 11.3 Å². The molecule has 0 aromatic carbocycles. The third kappa shape index (κ3) is 3.61. The van der Waals surface area contributed by atoms with Crippen LogP contribution in [-0.4, -0.2) is 46.9 Å². The number of fused-ring (bicyclic) bond motifs is 2. The van der Waals surface area contributed by atoms with E-state index in [0.29, 0.717) is 24.2 Å². The van der Waals surface area contributed by atoms with Crippen LogP contribution >= 0.6 is 0 Å². The third-order valence-corrected chi connectivity index (χ3v) is 6.60. The van der Waals surface area contributed by atoms with Crippen LogP contribution in [0.4, 0.5) is 0 Å². The van der Waals surface area contributed by atoms with E-state index >= 15 is 0 Å². The number of nitrogens with two attached hydrogens (primary N) is 1. The predicted molar refractivity (Wildman–Crippen MR) is 135 cm³/mol. The number of hydrogen-bond donors (Lipinski definition) is 2. The van der Waals surface area contributed by atoms with Crippen LogP contribution in [-0.2, 0) is 11.2 Å². The van der Waals surface area contributed by atoms with Gasteiger partial charge in [0.1, 0.15) is 6.04 Å². The van der Waals surface area contributed by atoms with E-state index in [0.717, 1.165) is 39.4 Å². The van der Waals surface area contributed by atoms with Crippen LogP contribution in [0.15, 0.2) is 79.6 Å². The lowest BCUT2D eigenvalue weighted by Gasteiger charge is -2.34. The van der Waals surface area contributed by atoms with Gasteiger partial charge in [-0.3, -0.25) is 14.8 Å². The Balaban J connectivity index is 1.37. The first-order valence-corrected chi connectivity index (χ1v) is 11.7. The summed E-state index contributed by atoms with van der Waals surface area (Å²) in [5, 5.41) is 4.81. The number of nitrogens with zero attached hydrogens (tertiary/aromatic N) is 6. The molecule has 0 bridgehead atoms. The molecule has 0 fully saturated rings. The molecule has 3 N–H and O–H groups in total. The van der Waals surface area contributed by atoms with Gasteiger partial charge in [0.25, 0.3) is 5.91 Å².